The molecule has 0 aromatic heterocycles. The molecule has 1 rings (SSSR count). The van der Waals surface area contributed by atoms with Crippen molar-refractivity contribution in [1.29, 1.82) is 0 Å². The molecular weight excluding hydrogens is 256 g/mol. The first kappa shape index (κ1) is 10.9. The molecule has 0 saturated carbocycles. The lowest BCUT2D eigenvalue weighted by Gasteiger charge is -2.02. The molecule has 1 aromatic carbocycles. The van der Waals surface area contributed by atoms with E-state index in [4.69, 9.17) is 5.90 Å². The molecule has 0 saturated heterocycles. The van der Waals surface area contributed by atoms with Crippen LogP contribution in [0.2, 0.25) is 0 Å². The topological polar surface area (TPSA) is 98.6 Å². The van der Waals surface area contributed by atoms with Crippen LogP contribution in [0.5, 0.6) is 5.75 Å². The van der Waals surface area contributed by atoms with Crippen molar-refractivity contribution in [2.24, 2.45) is 5.90 Å². The average Bonchev–Trinajstić information content (AvgIpc) is 2.11. The smallest absolute Gasteiger partial charge is 0.312 e. The molecule has 0 bridgehead atoms. The Morgan fingerprint density at radius 2 is 2.29 bits per heavy atom. The van der Waals surface area contributed by atoms with Crippen molar-refractivity contribution in [2.75, 3.05) is 0 Å². The van der Waals surface area contributed by atoms with E-state index in [0.29, 0.717) is 5.56 Å². The third-order valence-electron chi connectivity index (χ3n) is 1.55. The number of rotatable bonds is 3. The Hall–Kier alpha value is -1.18. The summed E-state index contributed by atoms with van der Waals surface area (Å²) in [5, 5.41) is 19.8. The second-order valence-electron chi connectivity index (χ2n) is 2.51. The molecule has 3 N–H and O–H groups in total. The molecule has 0 unspecified atom stereocenters. The van der Waals surface area contributed by atoms with Crippen LogP contribution in [0.3, 0.4) is 0 Å². The number of nitrogens with two attached hydrogens (primary N) is 1. The molecule has 6 nitrogen and oxygen atoms in total. The molecular formula is C7H7BrN2O4. The number of aromatic hydroxyl groups is 1. The van der Waals surface area contributed by atoms with Crippen LogP contribution in [-0.4, -0.2) is 10.0 Å². The Bertz CT molecular complexity index is 369. The largest absolute Gasteiger partial charge is 0.501 e. The summed E-state index contributed by atoms with van der Waals surface area (Å²) in [4.78, 5) is 14.1. The number of phenolic OH excluding ortho intramolecular Hbond substituents is 1. The standard InChI is InChI=1S/C7H7BrN2O4/c8-5-1-4(3-14-9)2-6(7(5)11)10(12)13/h1-2,11H,3,9H2. The van der Waals surface area contributed by atoms with Crippen molar-refractivity contribution in [3.05, 3.63) is 32.3 Å². The lowest BCUT2D eigenvalue weighted by Crippen LogP contribution is -2.00. The summed E-state index contributed by atoms with van der Waals surface area (Å²) in [6.45, 7) is 0.0414. The Labute approximate surface area is 87.5 Å². The molecule has 0 aliphatic rings. The van der Waals surface area contributed by atoms with Crippen LogP contribution < -0.4 is 5.90 Å². The zero-order valence-electron chi connectivity index (χ0n) is 6.94. The lowest BCUT2D eigenvalue weighted by molar-refractivity contribution is -0.386. The number of benzene rings is 1. The number of nitrogens with zero attached hydrogens (tertiary/aromatic N) is 1. The molecule has 76 valence electrons. The molecule has 7 heteroatoms. The molecule has 0 spiro atoms. The number of halogens is 1. The minimum atomic E-state index is -0.680. The van der Waals surface area contributed by atoms with Gasteiger partial charge in [0.1, 0.15) is 0 Å². The van der Waals surface area contributed by atoms with Gasteiger partial charge in [-0.1, -0.05) is 0 Å². The lowest BCUT2D eigenvalue weighted by atomic mass is 10.2. The van der Waals surface area contributed by atoms with Gasteiger partial charge in [0.15, 0.2) is 0 Å². The first-order valence-electron chi connectivity index (χ1n) is 3.53. The van der Waals surface area contributed by atoms with E-state index < -0.39 is 10.7 Å². The maximum atomic E-state index is 10.5. The number of hydrogen-bond acceptors (Lipinski definition) is 5. The van der Waals surface area contributed by atoms with E-state index in [1.807, 2.05) is 0 Å². The van der Waals surface area contributed by atoms with Crippen molar-refractivity contribution >= 4 is 21.6 Å². The molecule has 0 heterocycles. The van der Waals surface area contributed by atoms with Crippen LogP contribution in [0.1, 0.15) is 5.56 Å². The van der Waals surface area contributed by atoms with E-state index >= 15 is 0 Å². The van der Waals surface area contributed by atoms with Gasteiger partial charge in [-0.25, -0.2) is 5.90 Å². The molecule has 0 aliphatic carbocycles. The van der Waals surface area contributed by atoms with Crippen LogP contribution in [-0.2, 0) is 11.4 Å². The van der Waals surface area contributed by atoms with Gasteiger partial charge in [0, 0.05) is 6.07 Å². The van der Waals surface area contributed by atoms with E-state index in [-0.39, 0.29) is 16.8 Å². The SMILES string of the molecule is NOCc1cc(Br)c(O)c([N+](=O)[O-])c1. The molecule has 0 radical (unpaired) electrons. The van der Waals surface area contributed by atoms with Crippen molar-refractivity contribution in [3.8, 4) is 5.75 Å². The number of nitro benzene ring substituents is 1. The maximum absolute atomic E-state index is 10.5. The van der Waals surface area contributed by atoms with Gasteiger partial charge in [-0.15, -0.1) is 0 Å². The predicted molar refractivity (Wildman–Crippen MR) is 51.4 cm³/mol. The van der Waals surface area contributed by atoms with Crippen LogP contribution >= 0.6 is 15.9 Å². The van der Waals surface area contributed by atoms with Gasteiger partial charge in [0.25, 0.3) is 0 Å². The summed E-state index contributed by atoms with van der Waals surface area (Å²) >= 11 is 2.98. The summed E-state index contributed by atoms with van der Waals surface area (Å²) in [5.41, 5.74) is 0.121. The highest BCUT2D eigenvalue weighted by molar-refractivity contribution is 9.10. The fourth-order valence-corrected chi connectivity index (χ4v) is 1.45. The number of nitro groups is 1. The zero-order valence-corrected chi connectivity index (χ0v) is 8.52. The van der Waals surface area contributed by atoms with E-state index in [2.05, 4.69) is 20.8 Å². The van der Waals surface area contributed by atoms with Gasteiger partial charge < -0.3 is 5.11 Å². The fourth-order valence-electron chi connectivity index (χ4n) is 0.958. The Kier molecular flexibility index (Phi) is 3.39. The van der Waals surface area contributed by atoms with Crippen molar-refractivity contribution in [2.45, 2.75) is 6.61 Å². The van der Waals surface area contributed by atoms with Gasteiger partial charge >= 0.3 is 5.69 Å². The van der Waals surface area contributed by atoms with E-state index in [9.17, 15) is 15.2 Å². The minimum Gasteiger partial charge on any atom is -0.501 e. The van der Waals surface area contributed by atoms with Crippen LogP contribution in [0.4, 0.5) is 5.69 Å². The summed E-state index contributed by atoms with van der Waals surface area (Å²) in [7, 11) is 0. The summed E-state index contributed by atoms with van der Waals surface area (Å²) < 4.78 is 0.235. The molecule has 0 aliphatic heterocycles. The number of hydrogen-bond donors (Lipinski definition) is 2. The molecule has 1 aromatic rings. The zero-order chi connectivity index (χ0) is 10.7. The first-order valence-corrected chi connectivity index (χ1v) is 4.33. The molecule has 14 heavy (non-hydrogen) atoms. The Morgan fingerprint density at radius 1 is 1.64 bits per heavy atom. The normalized spacial score (nSPS) is 10.1. The quantitative estimate of drug-likeness (QED) is 0.635. The Morgan fingerprint density at radius 3 is 2.79 bits per heavy atom. The third kappa shape index (κ3) is 2.19. The minimum absolute atomic E-state index is 0.0414. The van der Waals surface area contributed by atoms with Gasteiger partial charge in [0.2, 0.25) is 5.75 Å². The van der Waals surface area contributed by atoms with Crippen LogP contribution in [0.25, 0.3) is 0 Å². The van der Waals surface area contributed by atoms with E-state index in [1.54, 1.807) is 0 Å². The van der Waals surface area contributed by atoms with Crippen molar-refractivity contribution in [1.82, 2.24) is 0 Å². The summed E-state index contributed by atoms with van der Waals surface area (Å²) in [5.74, 6) is 4.42. The van der Waals surface area contributed by atoms with Crippen LogP contribution in [0, 0.1) is 10.1 Å². The first-order chi connectivity index (χ1) is 6.56. The summed E-state index contributed by atoms with van der Waals surface area (Å²) in [6.07, 6.45) is 0. The predicted octanol–water partition coefficient (Wildman–Crippen LogP) is 1.45. The molecule has 0 atom stereocenters. The van der Waals surface area contributed by atoms with Gasteiger partial charge in [-0.05, 0) is 27.6 Å². The van der Waals surface area contributed by atoms with Gasteiger partial charge in [0.05, 0.1) is 16.0 Å². The fraction of sp³-hybridized carbons (Fsp3) is 0.143. The highest BCUT2D eigenvalue weighted by Gasteiger charge is 2.17. The second kappa shape index (κ2) is 4.36. The highest BCUT2D eigenvalue weighted by atomic mass is 79.9. The third-order valence-corrected chi connectivity index (χ3v) is 2.15. The highest BCUT2D eigenvalue weighted by Crippen LogP contribution is 2.34. The second-order valence-corrected chi connectivity index (χ2v) is 3.37. The van der Waals surface area contributed by atoms with E-state index in [0.717, 1.165) is 0 Å². The average molecular weight is 263 g/mol. The Balaban J connectivity index is 3.21. The van der Waals surface area contributed by atoms with Gasteiger partial charge in [-0.3, -0.25) is 15.0 Å². The number of phenols is 1. The molecule has 0 fully saturated rings. The van der Waals surface area contributed by atoms with Crippen LogP contribution in [0.15, 0.2) is 16.6 Å². The van der Waals surface area contributed by atoms with Crippen molar-refractivity contribution < 1.29 is 14.9 Å². The summed E-state index contributed by atoms with van der Waals surface area (Å²) in [6, 6.07) is 2.70. The monoisotopic (exact) mass is 262 g/mol. The maximum Gasteiger partial charge on any atom is 0.312 e. The van der Waals surface area contributed by atoms with E-state index in [1.165, 1.54) is 12.1 Å². The van der Waals surface area contributed by atoms with Crippen molar-refractivity contribution in [3.63, 3.8) is 0 Å². The van der Waals surface area contributed by atoms with Gasteiger partial charge in [-0.2, -0.15) is 0 Å². The molecule has 0 amide bonds.